The maximum absolute atomic E-state index is 12.2. The molecule has 8 heteroatoms. The average molecular weight is 357 g/mol. The van der Waals surface area contributed by atoms with Crippen molar-refractivity contribution in [2.75, 3.05) is 13.2 Å². The molecule has 0 heterocycles. The van der Waals surface area contributed by atoms with Crippen molar-refractivity contribution in [1.82, 2.24) is 5.32 Å². The maximum Gasteiger partial charge on any atom is 0.327 e. The fraction of sp³-hybridized carbons (Fsp3) is 0.765. The van der Waals surface area contributed by atoms with Crippen LogP contribution in [0.3, 0.4) is 0 Å². The summed E-state index contributed by atoms with van der Waals surface area (Å²) < 4.78 is 9.66. The molecular formula is C17H27NO7. The summed E-state index contributed by atoms with van der Waals surface area (Å²) in [6, 6.07) is -1.53. The number of carbonyl (C=O) groups excluding carboxylic acids is 3. The van der Waals surface area contributed by atoms with E-state index in [1.807, 2.05) is 0 Å². The highest BCUT2D eigenvalue weighted by Crippen LogP contribution is 2.27. The van der Waals surface area contributed by atoms with Gasteiger partial charge in [0.2, 0.25) is 5.91 Å². The third kappa shape index (κ3) is 7.11. The van der Waals surface area contributed by atoms with Crippen LogP contribution in [0.15, 0.2) is 0 Å². The number of aliphatic carboxylic acids is 1. The predicted octanol–water partition coefficient (Wildman–Crippen LogP) is 1.27. The number of rotatable bonds is 10. The van der Waals surface area contributed by atoms with Crippen molar-refractivity contribution in [3.05, 3.63) is 0 Å². The van der Waals surface area contributed by atoms with Crippen LogP contribution in [-0.4, -0.2) is 48.2 Å². The predicted molar refractivity (Wildman–Crippen MR) is 87.5 cm³/mol. The molecule has 0 radical (unpaired) electrons. The molecule has 0 unspecified atom stereocenters. The second-order valence-corrected chi connectivity index (χ2v) is 6.11. The summed E-state index contributed by atoms with van der Waals surface area (Å²) in [5.74, 6) is -4.47. The quantitative estimate of drug-likeness (QED) is 0.565. The lowest BCUT2D eigenvalue weighted by Gasteiger charge is -2.23. The number of carboxylic acids is 1. The van der Waals surface area contributed by atoms with Gasteiger partial charge in [-0.15, -0.1) is 0 Å². The molecule has 0 spiro atoms. The summed E-state index contributed by atoms with van der Waals surface area (Å²) in [6.45, 7) is 3.34. The highest BCUT2D eigenvalue weighted by molar-refractivity contribution is 5.90. The molecule has 8 nitrogen and oxygen atoms in total. The highest BCUT2D eigenvalue weighted by atomic mass is 16.5. The molecule has 0 aromatic heterocycles. The number of esters is 2. The Kier molecular flexibility index (Phi) is 8.94. The van der Waals surface area contributed by atoms with E-state index in [-0.39, 0.29) is 25.6 Å². The smallest absolute Gasteiger partial charge is 0.327 e. The van der Waals surface area contributed by atoms with Gasteiger partial charge in [0.1, 0.15) is 6.04 Å². The SMILES string of the molecule is CCOC(=O)C[C@H](C(=O)OCC)[C@@H](NC(=O)CC1CCCC1)C(=O)O. The molecule has 1 amide bonds. The van der Waals surface area contributed by atoms with Crippen LogP contribution in [0, 0.1) is 11.8 Å². The Hall–Kier alpha value is -2.12. The van der Waals surface area contributed by atoms with Gasteiger partial charge in [-0.1, -0.05) is 12.8 Å². The first-order valence-electron chi connectivity index (χ1n) is 8.73. The number of ether oxygens (including phenoxy) is 2. The molecule has 1 aliphatic carbocycles. The van der Waals surface area contributed by atoms with Gasteiger partial charge in [0.25, 0.3) is 0 Å². The minimum absolute atomic E-state index is 0.0422. The van der Waals surface area contributed by atoms with E-state index in [0.717, 1.165) is 25.7 Å². The van der Waals surface area contributed by atoms with Crippen LogP contribution in [0.25, 0.3) is 0 Å². The van der Waals surface area contributed by atoms with Crippen molar-refractivity contribution < 1.29 is 33.8 Å². The largest absolute Gasteiger partial charge is 0.480 e. The molecule has 25 heavy (non-hydrogen) atoms. The van der Waals surface area contributed by atoms with E-state index in [2.05, 4.69) is 5.32 Å². The number of carboxylic acid groups (broad SMARTS) is 1. The van der Waals surface area contributed by atoms with Crippen LogP contribution in [0.1, 0.15) is 52.4 Å². The zero-order valence-corrected chi connectivity index (χ0v) is 14.8. The lowest BCUT2D eigenvalue weighted by atomic mass is 9.95. The first-order chi connectivity index (χ1) is 11.9. The molecule has 1 saturated carbocycles. The van der Waals surface area contributed by atoms with Gasteiger partial charge < -0.3 is 19.9 Å². The molecule has 0 aliphatic heterocycles. The van der Waals surface area contributed by atoms with Gasteiger partial charge in [-0.3, -0.25) is 14.4 Å². The van der Waals surface area contributed by atoms with Gasteiger partial charge in [-0.25, -0.2) is 4.79 Å². The van der Waals surface area contributed by atoms with Crippen molar-refractivity contribution in [2.24, 2.45) is 11.8 Å². The van der Waals surface area contributed by atoms with Crippen molar-refractivity contribution >= 4 is 23.8 Å². The van der Waals surface area contributed by atoms with Gasteiger partial charge in [0, 0.05) is 6.42 Å². The Balaban J connectivity index is 2.81. The number of hydrogen-bond acceptors (Lipinski definition) is 6. The van der Waals surface area contributed by atoms with Crippen molar-refractivity contribution in [2.45, 2.75) is 58.4 Å². The van der Waals surface area contributed by atoms with E-state index in [1.54, 1.807) is 13.8 Å². The molecule has 2 N–H and O–H groups in total. The van der Waals surface area contributed by atoms with Gasteiger partial charge in [0.15, 0.2) is 0 Å². The molecular weight excluding hydrogens is 330 g/mol. The number of carbonyl (C=O) groups is 4. The summed E-state index contributed by atoms with van der Waals surface area (Å²) in [5.41, 5.74) is 0. The van der Waals surface area contributed by atoms with Crippen molar-refractivity contribution in [3.63, 3.8) is 0 Å². The Bertz CT molecular complexity index is 485. The van der Waals surface area contributed by atoms with Crippen LogP contribution in [-0.2, 0) is 28.7 Å². The standard InChI is InChI=1S/C17H27NO7/c1-3-24-14(20)10-12(17(23)25-4-2)15(16(21)22)18-13(19)9-11-7-5-6-8-11/h11-12,15H,3-10H2,1-2H3,(H,18,19)(H,21,22)/t12-,15+/m0/s1. The zero-order chi connectivity index (χ0) is 18.8. The van der Waals surface area contributed by atoms with Crippen molar-refractivity contribution in [1.29, 1.82) is 0 Å². The lowest BCUT2D eigenvalue weighted by molar-refractivity contribution is -0.160. The highest BCUT2D eigenvalue weighted by Gasteiger charge is 2.38. The van der Waals surface area contributed by atoms with E-state index in [4.69, 9.17) is 9.47 Å². The molecule has 0 bridgehead atoms. The normalized spacial score (nSPS) is 16.7. The van der Waals surface area contributed by atoms with E-state index >= 15 is 0 Å². The minimum Gasteiger partial charge on any atom is -0.480 e. The fourth-order valence-corrected chi connectivity index (χ4v) is 3.03. The van der Waals surface area contributed by atoms with Crippen LogP contribution in [0.4, 0.5) is 0 Å². The number of hydrogen-bond donors (Lipinski definition) is 2. The van der Waals surface area contributed by atoms with Gasteiger partial charge in [-0.2, -0.15) is 0 Å². The second kappa shape index (κ2) is 10.7. The Morgan fingerprint density at radius 2 is 1.68 bits per heavy atom. The van der Waals surface area contributed by atoms with Crippen LogP contribution < -0.4 is 5.32 Å². The molecule has 1 fully saturated rings. The van der Waals surface area contributed by atoms with E-state index in [0.29, 0.717) is 0 Å². The van der Waals surface area contributed by atoms with Gasteiger partial charge in [-0.05, 0) is 32.6 Å². The number of amides is 1. The van der Waals surface area contributed by atoms with Gasteiger partial charge in [0.05, 0.1) is 25.6 Å². The molecule has 1 aliphatic rings. The first kappa shape index (κ1) is 20.9. The Labute approximate surface area is 147 Å². The minimum atomic E-state index is -1.53. The maximum atomic E-state index is 12.2. The molecule has 1 rings (SSSR count). The molecule has 142 valence electrons. The summed E-state index contributed by atoms with van der Waals surface area (Å²) in [5, 5.41) is 11.8. The third-order valence-electron chi connectivity index (χ3n) is 4.21. The lowest BCUT2D eigenvalue weighted by Crippen LogP contribution is -2.50. The van der Waals surface area contributed by atoms with E-state index < -0.39 is 42.2 Å². The molecule has 0 aromatic rings. The molecule has 0 aromatic carbocycles. The Morgan fingerprint density at radius 3 is 2.20 bits per heavy atom. The number of nitrogens with one attached hydrogen (secondary N) is 1. The fourth-order valence-electron chi connectivity index (χ4n) is 3.03. The topological polar surface area (TPSA) is 119 Å². The summed E-state index contributed by atoms with van der Waals surface area (Å²) >= 11 is 0. The summed E-state index contributed by atoms with van der Waals surface area (Å²) in [6.07, 6.45) is 3.76. The molecule has 2 atom stereocenters. The zero-order valence-electron chi connectivity index (χ0n) is 14.8. The second-order valence-electron chi connectivity index (χ2n) is 6.11. The van der Waals surface area contributed by atoms with Gasteiger partial charge >= 0.3 is 17.9 Å². The van der Waals surface area contributed by atoms with Crippen LogP contribution in [0.2, 0.25) is 0 Å². The first-order valence-corrected chi connectivity index (χ1v) is 8.73. The monoisotopic (exact) mass is 357 g/mol. The Morgan fingerprint density at radius 1 is 1.08 bits per heavy atom. The van der Waals surface area contributed by atoms with Crippen LogP contribution >= 0.6 is 0 Å². The average Bonchev–Trinajstić information content (AvgIpc) is 3.03. The summed E-state index contributed by atoms with van der Waals surface area (Å²) in [4.78, 5) is 47.6. The van der Waals surface area contributed by atoms with E-state index in [9.17, 15) is 24.3 Å². The molecule has 0 saturated heterocycles. The van der Waals surface area contributed by atoms with Crippen LogP contribution in [0.5, 0.6) is 0 Å². The van der Waals surface area contributed by atoms with E-state index in [1.165, 1.54) is 0 Å². The van der Waals surface area contributed by atoms with Crippen molar-refractivity contribution in [3.8, 4) is 0 Å². The third-order valence-corrected chi connectivity index (χ3v) is 4.21. The summed E-state index contributed by atoms with van der Waals surface area (Å²) in [7, 11) is 0.